The topological polar surface area (TPSA) is 278 Å². The molecule has 0 aliphatic heterocycles. The highest BCUT2D eigenvalue weighted by Gasteiger charge is 2.19. The first-order chi connectivity index (χ1) is 34.4. The minimum absolute atomic E-state index is 0.0377. The molecule has 0 radical (unpaired) electrons. The lowest BCUT2D eigenvalue weighted by atomic mass is 9.94. The third-order valence-electron chi connectivity index (χ3n) is 12.0. The van der Waals surface area contributed by atoms with Crippen LogP contribution in [0.25, 0.3) is 0 Å². The first-order valence-corrected chi connectivity index (χ1v) is 25.7. The van der Waals surface area contributed by atoms with Crippen LogP contribution in [-0.4, -0.2) is 60.5 Å². The Morgan fingerprint density at radius 3 is 0.764 bits per heavy atom. The molecular weight excluding hydrogens is 925 g/mol. The van der Waals surface area contributed by atoms with E-state index in [9.17, 15) is 0 Å². The fourth-order valence-corrected chi connectivity index (χ4v) is 6.23. The number of aromatic nitrogens is 6. The summed E-state index contributed by atoms with van der Waals surface area (Å²) in [6, 6.07) is 0. The monoisotopic (exact) mass is 1010 g/mol. The predicted molar refractivity (Wildman–Crippen MR) is 274 cm³/mol. The Morgan fingerprint density at radius 1 is 0.347 bits per heavy atom. The van der Waals surface area contributed by atoms with E-state index in [0.717, 1.165) is 49.2 Å². The van der Waals surface area contributed by atoms with Crippen LogP contribution in [0.4, 0.5) is 0 Å². The van der Waals surface area contributed by atoms with Crippen molar-refractivity contribution in [2.24, 2.45) is 11.8 Å². The summed E-state index contributed by atoms with van der Waals surface area (Å²) in [5.41, 5.74) is 3.68. The molecule has 0 aliphatic carbocycles. The number of aliphatic hydroxyl groups is 6. The second kappa shape index (κ2) is 36.9. The maximum atomic E-state index is 8.81. The molecule has 0 aliphatic rings. The van der Waals surface area contributed by atoms with Crippen LogP contribution < -0.4 is 0 Å². The molecule has 0 saturated carbocycles. The zero-order chi connectivity index (χ0) is 54.2. The summed E-state index contributed by atoms with van der Waals surface area (Å²) < 4.78 is 31.1. The van der Waals surface area contributed by atoms with Gasteiger partial charge < -0.3 is 57.1 Å². The molecule has 0 saturated heterocycles. The zero-order valence-corrected chi connectivity index (χ0v) is 45.8. The highest BCUT2D eigenvalue weighted by molar-refractivity contribution is 5.02. The fraction of sp³-hybridized carbons (Fsp3) is 0.667. The van der Waals surface area contributed by atoms with Gasteiger partial charge in [-0.2, -0.15) is 0 Å². The van der Waals surface area contributed by atoms with E-state index in [1.54, 1.807) is 0 Å². The Balaban J connectivity index is 0.000000433. The van der Waals surface area contributed by atoms with E-state index in [0.29, 0.717) is 93.3 Å². The fourth-order valence-electron chi connectivity index (χ4n) is 6.23. The zero-order valence-electron chi connectivity index (χ0n) is 45.8. The van der Waals surface area contributed by atoms with Gasteiger partial charge in [0.15, 0.2) is 35.3 Å². The minimum Gasteiger partial charge on any atom is -0.448 e. The number of unbranched alkanes of at least 4 members (excludes halogenated alkanes) is 2. The van der Waals surface area contributed by atoms with Crippen LogP contribution in [0.15, 0.2) is 64.1 Å². The van der Waals surface area contributed by atoms with Gasteiger partial charge >= 0.3 is 0 Å². The third kappa shape index (κ3) is 24.2. The van der Waals surface area contributed by atoms with Crippen LogP contribution >= 0.6 is 0 Å². The molecule has 6 aromatic rings. The summed E-state index contributed by atoms with van der Waals surface area (Å²) >= 11 is 0. The van der Waals surface area contributed by atoms with Gasteiger partial charge in [-0.1, -0.05) is 135 Å². The standard InChI is InChI=1S/4C10H17NO2.2C7H11NO2/c2*1-4-7(2)8(3)10-11-9(5-12)6-13-10;2*1-3-4-5-8(2)10-11-9(6-12)7-13-10;2*1-5(2)7-8-6(3-9)4-10-7/h2*6-8,12H,4-5H2,1-3H3;2*7-8,12H,3-6H2,1-2H3;2*4-5,9H,3H2,1-2H3/t7?,8-;7-,8?;2*8-;;/m0110../s1. The van der Waals surface area contributed by atoms with Crippen molar-refractivity contribution in [3.8, 4) is 0 Å². The number of hydrogen-bond acceptors (Lipinski definition) is 18. The van der Waals surface area contributed by atoms with E-state index in [1.807, 2.05) is 27.7 Å². The van der Waals surface area contributed by atoms with Crippen molar-refractivity contribution in [1.29, 1.82) is 0 Å². The molecule has 6 heterocycles. The van der Waals surface area contributed by atoms with Gasteiger partial charge in [0.1, 0.15) is 71.7 Å². The molecule has 0 spiro atoms. The smallest absolute Gasteiger partial charge is 0.197 e. The van der Waals surface area contributed by atoms with Crippen LogP contribution in [0.5, 0.6) is 0 Å². The van der Waals surface area contributed by atoms with Crippen molar-refractivity contribution in [1.82, 2.24) is 29.9 Å². The molecule has 6 aromatic heterocycles. The second-order valence-corrected chi connectivity index (χ2v) is 18.8. The first-order valence-electron chi connectivity index (χ1n) is 25.7. The van der Waals surface area contributed by atoms with Crippen LogP contribution in [0, 0.1) is 11.8 Å². The summed E-state index contributed by atoms with van der Waals surface area (Å²) in [4.78, 5) is 24.7. The van der Waals surface area contributed by atoms with Crippen molar-refractivity contribution in [2.45, 2.75) is 223 Å². The van der Waals surface area contributed by atoms with Gasteiger partial charge in [0.25, 0.3) is 0 Å². The average Bonchev–Trinajstić information content (AvgIpc) is 4.27. The Morgan fingerprint density at radius 2 is 0.569 bits per heavy atom. The number of hydrogen-bond donors (Lipinski definition) is 6. The lowest BCUT2D eigenvalue weighted by molar-refractivity contribution is 0.276. The summed E-state index contributed by atoms with van der Waals surface area (Å²) in [7, 11) is 0. The van der Waals surface area contributed by atoms with Gasteiger partial charge in [-0.05, 0) is 24.7 Å². The molecule has 6 N–H and O–H groups in total. The number of oxazole rings is 6. The SMILES string of the molecule is CC(C)c1nc(CO)co1.CC(C)c1nc(CO)co1.CCC(C)[C@H](C)c1nc(CO)co1.CCCC[C@@H](C)c1nc(CO)co1.CCCC[C@H](C)c1nc(CO)co1.CC[C@@H](C)C(C)c1nc(CO)co1. The van der Waals surface area contributed by atoms with Crippen molar-refractivity contribution in [2.75, 3.05) is 0 Å². The number of rotatable bonds is 22. The molecule has 72 heavy (non-hydrogen) atoms. The van der Waals surface area contributed by atoms with Crippen molar-refractivity contribution in [3.05, 3.63) is 107 Å². The third-order valence-corrected chi connectivity index (χ3v) is 12.0. The molecule has 0 amide bonds. The second-order valence-electron chi connectivity index (χ2n) is 18.8. The molecule has 0 aromatic carbocycles. The molecule has 0 bridgehead atoms. The molecule has 0 fully saturated rings. The largest absolute Gasteiger partial charge is 0.448 e. The normalized spacial score (nSPS) is 13.4. The Kier molecular flexibility index (Phi) is 33.3. The lowest BCUT2D eigenvalue weighted by Crippen LogP contribution is -2.05. The van der Waals surface area contributed by atoms with E-state index in [1.165, 1.54) is 63.3 Å². The molecular formula is C54H90N6O12. The van der Waals surface area contributed by atoms with E-state index < -0.39 is 0 Å². The van der Waals surface area contributed by atoms with Crippen molar-refractivity contribution in [3.63, 3.8) is 0 Å². The summed E-state index contributed by atoms with van der Waals surface area (Å²) in [6.07, 6.45) is 18.2. The molecule has 408 valence electrons. The van der Waals surface area contributed by atoms with Crippen LogP contribution in [0.2, 0.25) is 0 Å². The maximum absolute atomic E-state index is 8.81. The molecule has 6 atom stereocenters. The Bertz CT molecular complexity index is 2050. The van der Waals surface area contributed by atoms with Gasteiger partial charge in [-0.15, -0.1) is 0 Å². The predicted octanol–water partition coefficient (Wildman–Crippen LogP) is 12.1. The van der Waals surface area contributed by atoms with Crippen molar-refractivity contribution >= 4 is 0 Å². The van der Waals surface area contributed by atoms with Gasteiger partial charge in [0.05, 0.1) is 39.6 Å². The molecule has 18 heteroatoms. The Hall–Kier alpha value is -4.98. The van der Waals surface area contributed by atoms with E-state index >= 15 is 0 Å². The van der Waals surface area contributed by atoms with Crippen molar-refractivity contribution < 1.29 is 57.1 Å². The summed E-state index contributed by atoms with van der Waals surface area (Å²) in [6.45, 7) is 29.1. The number of nitrogens with zero attached hydrogens (tertiary/aromatic N) is 6. The van der Waals surface area contributed by atoms with Gasteiger partial charge in [0.2, 0.25) is 0 Å². The van der Waals surface area contributed by atoms with Gasteiger partial charge in [0, 0.05) is 35.5 Å². The lowest BCUT2D eigenvalue weighted by Gasteiger charge is -2.13. The van der Waals surface area contributed by atoms with E-state index in [-0.39, 0.29) is 39.6 Å². The quantitative estimate of drug-likeness (QED) is 0.0369. The van der Waals surface area contributed by atoms with Gasteiger partial charge in [-0.3, -0.25) is 0 Å². The maximum Gasteiger partial charge on any atom is 0.197 e. The minimum atomic E-state index is -0.0454. The summed E-state index contributed by atoms with van der Waals surface area (Å²) in [5, 5.41) is 52.4. The van der Waals surface area contributed by atoms with E-state index in [4.69, 9.17) is 57.1 Å². The first kappa shape index (κ1) is 65.0. The molecule has 6 rings (SSSR count). The molecule has 2 unspecified atom stereocenters. The van der Waals surface area contributed by atoms with Crippen LogP contribution in [-0.2, 0) is 39.6 Å². The Labute approximate surface area is 428 Å². The van der Waals surface area contributed by atoms with Crippen LogP contribution in [0.1, 0.15) is 253 Å². The number of aliphatic hydroxyl groups excluding tert-OH is 6. The van der Waals surface area contributed by atoms with Gasteiger partial charge in [-0.25, -0.2) is 29.9 Å². The highest BCUT2D eigenvalue weighted by Crippen LogP contribution is 2.27. The molecule has 18 nitrogen and oxygen atoms in total. The van der Waals surface area contributed by atoms with E-state index in [2.05, 4.69) is 99.1 Å². The highest BCUT2D eigenvalue weighted by atomic mass is 16.4. The summed E-state index contributed by atoms with van der Waals surface area (Å²) in [5.74, 6) is 7.41. The van der Waals surface area contributed by atoms with Crippen LogP contribution in [0.3, 0.4) is 0 Å². The average molecular weight is 1020 g/mol.